The monoisotopic (exact) mass is 293 g/mol. The van der Waals surface area contributed by atoms with Crippen molar-refractivity contribution in [2.75, 3.05) is 6.26 Å². The molecule has 2 aromatic rings. The molecule has 0 aliphatic heterocycles. The number of rotatable bonds is 6. The summed E-state index contributed by atoms with van der Waals surface area (Å²) in [7, 11) is 0. The SMILES string of the molecule is CCC(N)C(Oc1ccc(SC)cc1)c1cccs1. The molecule has 2 rings (SSSR count). The molecule has 0 bridgehead atoms. The van der Waals surface area contributed by atoms with Gasteiger partial charge in [-0.2, -0.15) is 0 Å². The molecule has 19 heavy (non-hydrogen) atoms. The van der Waals surface area contributed by atoms with E-state index in [1.807, 2.05) is 18.2 Å². The quantitative estimate of drug-likeness (QED) is 0.805. The second-order valence-electron chi connectivity index (χ2n) is 4.30. The lowest BCUT2D eigenvalue weighted by atomic mass is 10.1. The molecule has 0 saturated carbocycles. The van der Waals surface area contributed by atoms with Gasteiger partial charge in [0.2, 0.25) is 0 Å². The average Bonchev–Trinajstić information content (AvgIpc) is 2.98. The number of thioether (sulfide) groups is 1. The number of hydrogen-bond donors (Lipinski definition) is 1. The van der Waals surface area contributed by atoms with Crippen molar-refractivity contribution in [1.82, 2.24) is 0 Å². The molecule has 0 aliphatic carbocycles. The largest absolute Gasteiger partial charge is 0.483 e. The van der Waals surface area contributed by atoms with Gasteiger partial charge in [0.05, 0.1) is 0 Å². The highest BCUT2D eigenvalue weighted by molar-refractivity contribution is 7.98. The Balaban J connectivity index is 2.15. The van der Waals surface area contributed by atoms with Crippen LogP contribution in [0.4, 0.5) is 0 Å². The van der Waals surface area contributed by atoms with Gasteiger partial charge in [0.25, 0.3) is 0 Å². The van der Waals surface area contributed by atoms with E-state index in [0.29, 0.717) is 0 Å². The van der Waals surface area contributed by atoms with E-state index in [2.05, 4.69) is 36.8 Å². The van der Waals surface area contributed by atoms with Gasteiger partial charge < -0.3 is 10.5 Å². The van der Waals surface area contributed by atoms with E-state index in [-0.39, 0.29) is 12.1 Å². The Kier molecular flexibility index (Phi) is 5.31. The van der Waals surface area contributed by atoms with Crippen molar-refractivity contribution in [3.8, 4) is 5.75 Å². The summed E-state index contributed by atoms with van der Waals surface area (Å²) in [6.07, 6.45) is 2.90. The van der Waals surface area contributed by atoms with Gasteiger partial charge >= 0.3 is 0 Å². The number of hydrogen-bond acceptors (Lipinski definition) is 4. The molecule has 102 valence electrons. The number of ether oxygens (including phenoxy) is 1. The maximum absolute atomic E-state index is 6.19. The Morgan fingerprint density at radius 2 is 2.00 bits per heavy atom. The van der Waals surface area contributed by atoms with Crippen LogP contribution in [0.1, 0.15) is 24.3 Å². The van der Waals surface area contributed by atoms with Gasteiger partial charge in [-0.15, -0.1) is 23.1 Å². The molecule has 2 N–H and O–H groups in total. The fourth-order valence-corrected chi connectivity index (χ4v) is 3.06. The summed E-state index contributed by atoms with van der Waals surface area (Å²) in [5.74, 6) is 0.875. The van der Waals surface area contributed by atoms with Gasteiger partial charge in [-0.3, -0.25) is 0 Å². The van der Waals surface area contributed by atoms with Crippen LogP contribution in [-0.2, 0) is 0 Å². The van der Waals surface area contributed by atoms with Crippen LogP contribution < -0.4 is 10.5 Å². The molecular weight excluding hydrogens is 274 g/mol. The van der Waals surface area contributed by atoms with E-state index in [4.69, 9.17) is 10.5 Å². The first-order chi connectivity index (χ1) is 9.24. The van der Waals surface area contributed by atoms with Crippen LogP contribution in [0, 0.1) is 0 Å². The van der Waals surface area contributed by atoms with Gasteiger partial charge in [-0.05, 0) is 48.4 Å². The van der Waals surface area contributed by atoms with Crippen LogP contribution in [-0.4, -0.2) is 12.3 Å². The molecule has 0 fully saturated rings. The van der Waals surface area contributed by atoms with Crippen LogP contribution in [0.25, 0.3) is 0 Å². The highest BCUT2D eigenvalue weighted by atomic mass is 32.2. The molecule has 0 radical (unpaired) electrons. The zero-order chi connectivity index (χ0) is 13.7. The normalized spacial score (nSPS) is 14.1. The Morgan fingerprint density at radius 3 is 2.53 bits per heavy atom. The molecule has 1 aromatic heterocycles. The fourth-order valence-electron chi connectivity index (χ4n) is 1.82. The Labute approximate surface area is 123 Å². The first-order valence-corrected chi connectivity index (χ1v) is 8.44. The first-order valence-electron chi connectivity index (χ1n) is 6.34. The summed E-state index contributed by atoms with van der Waals surface area (Å²) in [4.78, 5) is 2.42. The Bertz CT molecular complexity index is 481. The van der Waals surface area contributed by atoms with Crippen molar-refractivity contribution >= 4 is 23.1 Å². The second kappa shape index (κ2) is 6.98. The minimum absolute atomic E-state index is 0.0128. The minimum atomic E-state index is -0.0647. The van der Waals surface area contributed by atoms with E-state index in [1.54, 1.807) is 23.1 Å². The van der Waals surface area contributed by atoms with E-state index in [0.717, 1.165) is 12.2 Å². The fraction of sp³-hybridized carbons (Fsp3) is 0.333. The van der Waals surface area contributed by atoms with Gasteiger partial charge in [0, 0.05) is 15.8 Å². The summed E-state index contributed by atoms with van der Waals surface area (Å²) in [6.45, 7) is 2.09. The zero-order valence-electron chi connectivity index (χ0n) is 11.2. The van der Waals surface area contributed by atoms with Gasteiger partial charge in [-0.25, -0.2) is 0 Å². The molecule has 4 heteroatoms. The highest BCUT2D eigenvalue weighted by Gasteiger charge is 2.21. The van der Waals surface area contributed by atoms with Crippen LogP contribution in [0.5, 0.6) is 5.75 Å². The smallest absolute Gasteiger partial charge is 0.148 e. The molecule has 2 unspecified atom stereocenters. The number of benzene rings is 1. The molecular formula is C15H19NOS2. The van der Waals surface area contributed by atoms with E-state index < -0.39 is 0 Å². The lowest BCUT2D eigenvalue weighted by Gasteiger charge is -2.23. The van der Waals surface area contributed by atoms with Crippen LogP contribution in [0.2, 0.25) is 0 Å². The van der Waals surface area contributed by atoms with E-state index in [9.17, 15) is 0 Å². The molecule has 1 heterocycles. The lowest BCUT2D eigenvalue weighted by molar-refractivity contribution is 0.174. The molecule has 0 spiro atoms. The van der Waals surface area contributed by atoms with E-state index in [1.165, 1.54) is 9.77 Å². The standard InChI is InChI=1S/C15H19NOS2/c1-3-13(16)15(14-5-4-10-19-14)17-11-6-8-12(18-2)9-7-11/h4-10,13,15H,3,16H2,1-2H3. The molecule has 0 amide bonds. The Morgan fingerprint density at radius 1 is 1.26 bits per heavy atom. The van der Waals surface area contributed by atoms with Crippen LogP contribution in [0.3, 0.4) is 0 Å². The third-order valence-corrected chi connectivity index (χ3v) is 4.68. The second-order valence-corrected chi connectivity index (χ2v) is 6.16. The topological polar surface area (TPSA) is 35.2 Å². The molecule has 0 aliphatic rings. The zero-order valence-corrected chi connectivity index (χ0v) is 12.8. The van der Waals surface area contributed by atoms with Crippen molar-refractivity contribution in [2.24, 2.45) is 5.73 Å². The highest BCUT2D eigenvalue weighted by Crippen LogP contribution is 2.29. The molecule has 2 atom stereocenters. The third-order valence-electron chi connectivity index (χ3n) is 3.01. The molecule has 2 nitrogen and oxygen atoms in total. The van der Waals surface area contributed by atoms with Crippen molar-refractivity contribution in [3.63, 3.8) is 0 Å². The number of nitrogens with two attached hydrogens (primary N) is 1. The maximum atomic E-state index is 6.19. The summed E-state index contributed by atoms with van der Waals surface area (Å²) < 4.78 is 6.09. The minimum Gasteiger partial charge on any atom is -0.483 e. The maximum Gasteiger partial charge on any atom is 0.148 e. The van der Waals surface area contributed by atoms with Gasteiger partial charge in [0.1, 0.15) is 11.9 Å². The van der Waals surface area contributed by atoms with Crippen LogP contribution in [0.15, 0.2) is 46.7 Å². The first kappa shape index (κ1) is 14.4. The number of thiophene rings is 1. The van der Waals surface area contributed by atoms with Crippen molar-refractivity contribution in [2.45, 2.75) is 30.4 Å². The van der Waals surface area contributed by atoms with Crippen molar-refractivity contribution < 1.29 is 4.74 Å². The summed E-state index contributed by atoms with van der Waals surface area (Å²) in [5.41, 5.74) is 6.19. The van der Waals surface area contributed by atoms with Crippen molar-refractivity contribution in [1.29, 1.82) is 0 Å². The van der Waals surface area contributed by atoms with Gasteiger partial charge in [0.15, 0.2) is 0 Å². The van der Waals surface area contributed by atoms with Crippen molar-refractivity contribution in [3.05, 3.63) is 46.7 Å². The summed E-state index contributed by atoms with van der Waals surface area (Å²) >= 11 is 3.42. The lowest BCUT2D eigenvalue weighted by Crippen LogP contribution is -2.30. The van der Waals surface area contributed by atoms with E-state index >= 15 is 0 Å². The van der Waals surface area contributed by atoms with Crippen LogP contribution >= 0.6 is 23.1 Å². The predicted molar refractivity (Wildman–Crippen MR) is 84.2 cm³/mol. The Hall–Kier alpha value is -0.970. The summed E-state index contributed by atoms with van der Waals surface area (Å²) in [5, 5.41) is 2.06. The third kappa shape index (κ3) is 3.75. The average molecular weight is 293 g/mol. The molecule has 1 aromatic carbocycles. The molecule has 0 saturated heterocycles. The van der Waals surface area contributed by atoms with Gasteiger partial charge in [-0.1, -0.05) is 13.0 Å². The predicted octanol–water partition coefficient (Wildman–Crippen LogP) is 4.33. The summed E-state index contributed by atoms with van der Waals surface area (Å²) in [6, 6.07) is 12.3.